The Balaban J connectivity index is 2.74. The first-order valence-corrected chi connectivity index (χ1v) is 10.5. The lowest BCUT2D eigenvalue weighted by molar-refractivity contribution is -0.252. The van der Waals surface area contributed by atoms with Gasteiger partial charge in [-0.2, -0.15) is 0 Å². The SMILES string of the molecule is CCCCc1c(C2(CCCC)OC(=O)CC(=O)O2)cc(OCC)c(O)c1OCC. The van der Waals surface area contributed by atoms with Crippen molar-refractivity contribution in [3.05, 3.63) is 17.2 Å². The van der Waals surface area contributed by atoms with Gasteiger partial charge in [-0.1, -0.05) is 26.7 Å². The zero-order chi connectivity index (χ0) is 21.4. The minimum Gasteiger partial charge on any atom is -0.502 e. The Morgan fingerprint density at radius 1 is 1.00 bits per heavy atom. The first kappa shape index (κ1) is 22.8. The van der Waals surface area contributed by atoms with E-state index in [1.165, 1.54) is 0 Å². The van der Waals surface area contributed by atoms with E-state index in [0.29, 0.717) is 43.6 Å². The minimum absolute atomic E-state index is 0.0948. The second-order valence-electron chi connectivity index (χ2n) is 7.03. The van der Waals surface area contributed by atoms with E-state index < -0.39 is 24.1 Å². The van der Waals surface area contributed by atoms with Crippen LogP contribution in [0, 0.1) is 0 Å². The smallest absolute Gasteiger partial charge is 0.320 e. The minimum atomic E-state index is -1.54. The maximum absolute atomic E-state index is 12.2. The number of esters is 2. The molecule has 1 aliphatic heterocycles. The summed E-state index contributed by atoms with van der Waals surface area (Å²) in [5.41, 5.74) is 1.18. The number of ether oxygens (including phenoxy) is 4. The van der Waals surface area contributed by atoms with Crippen LogP contribution in [0.1, 0.15) is 77.3 Å². The average Bonchev–Trinajstić information content (AvgIpc) is 2.68. The molecule has 1 aromatic carbocycles. The van der Waals surface area contributed by atoms with Gasteiger partial charge in [0.25, 0.3) is 5.79 Å². The van der Waals surface area contributed by atoms with E-state index in [9.17, 15) is 14.7 Å². The van der Waals surface area contributed by atoms with Crippen molar-refractivity contribution in [3.63, 3.8) is 0 Å². The van der Waals surface area contributed by atoms with Crippen molar-refractivity contribution < 1.29 is 33.6 Å². The Labute approximate surface area is 172 Å². The Morgan fingerprint density at radius 2 is 1.62 bits per heavy atom. The molecule has 1 aliphatic rings. The largest absolute Gasteiger partial charge is 0.502 e. The Morgan fingerprint density at radius 3 is 2.17 bits per heavy atom. The highest BCUT2D eigenvalue weighted by Crippen LogP contribution is 2.48. The van der Waals surface area contributed by atoms with Crippen molar-refractivity contribution in [3.8, 4) is 17.2 Å². The van der Waals surface area contributed by atoms with Crippen LogP contribution in [0.3, 0.4) is 0 Å². The number of unbranched alkanes of at least 4 members (excludes halogenated alkanes) is 2. The number of aromatic hydroxyl groups is 1. The lowest BCUT2D eigenvalue weighted by Crippen LogP contribution is -2.43. The van der Waals surface area contributed by atoms with Crippen molar-refractivity contribution in [1.82, 2.24) is 0 Å². The summed E-state index contributed by atoms with van der Waals surface area (Å²) in [6.45, 7) is 8.35. The highest BCUT2D eigenvalue weighted by Gasteiger charge is 2.47. The van der Waals surface area contributed by atoms with Crippen molar-refractivity contribution in [2.45, 2.75) is 78.4 Å². The highest BCUT2D eigenvalue weighted by molar-refractivity contribution is 5.93. The molecular weight excluding hydrogens is 376 g/mol. The lowest BCUT2D eigenvalue weighted by Gasteiger charge is -2.38. The summed E-state index contributed by atoms with van der Waals surface area (Å²) in [6, 6.07) is 1.62. The Kier molecular flexibility index (Phi) is 8.17. The maximum atomic E-state index is 12.2. The first-order valence-electron chi connectivity index (χ1n) is 10.5. The number of phenolic OH excluding ortho intramolecular Hbond substituents is 1. The molecule has 0 bridgehead atoms. The summed E-state index contributed by atoms with van der Waals surface area (Å²) >= 11 is 0. The zero-order valence-electron chi connectivity index (χ0n) is 17.8. The first-order chi connectivity index (χ1) is 13.9. The van der Waals surface area contributed by atoms with Crippen molar-refractivity contribution in [1.29, 1.82) is 0 Å². The molecule has 7 nitrogen and oxygen atoms in total. The predicted octanol–water partition coefficient (Wildman–Crippen LogP) is 4.37. The second-order valence-corrected chi connectivity index (χ2v) is 7.03. The van der Waals surface area contributed by atoms with Gasteiger partial charge < -0.3 is 24.1 Å². The molecule has 0 amide bonds. The number of carbonyl (C=O) groups excluding carboxylic acids is 2. The van der Waals surface area contributed by atoms with Crippen LogP contribution >= 0.6 is 0 Å². The van der Waals surface area contributed by atoms with Gasteiger partial charge in [-0.15, -0.1) is 0 Å². The molecule has 0 radical (unpaired) electrons. The molecular formula is C22H32O7. The molecule has 29 heavy (non-hydrogen) atoms. The number of cyclic esters (lactones) is 2. The molecule has 0 spiro atoms. The monoisotopic (exact) mass is 408 g/mol. The molecule has 1 N–H and O–H groups in total. The molecule has 7 heteroatoms. The van der Waals surface area contributed by atoms with Gasteiger partial charge in [0.15, 0.2) is 11.5 Å². The van der Waals surface area contributed by atoms with Crippen LogP contribution in [-0.4, -0.2) is 30.3 Å². The normalized spacial score (nSPS) is 15.6. The number of phenols is 1. The van der Waals surface area contributed by atoms with E-state index in [1.807, 2.05) is 13.8 Å². The number of hydrogen-bond acceptors (Lipinski definition) is 7. The number of rotatable bonds is 11. The standard InChI is InChI=1S/C22H32O7/c1-5-9-11-15-16(13-17(26-7-3)20(25)21(15)27-8-4)22(12-10-6-2)28-18(23)14-19(24)29-22/h13,25H,5-12,14H2,1-4H3. The van der Waals surface area contributed by atoms with Crippen molar-refractivity contribution in [2.24, 2.45) is 0 Å². The van der Waals surface area contributed by atoms with Gasteiger partial charge in [-0.3, -0.25) is 9.59 Å². The number of carbonyl (C=O) groups is 2. The van der Waals surface area contributed by atoms with Crippen molar-refractivity contribution in [2.75, 3.05) is 13.2 Å². The van der Waals surface area contributed by atoms with Gasteiger partial charge in [-0.25, -0.2) is 0 Å². The predicted molar refractivity (Wildman–Crippen MR) is 107 cm³/mol. The zero-order valence-corrected chi connectivity index (χ0v) is 17.8. The molecule has 0 aromatic heterocycles. The molecule has 1 aromatic rings. The maximum Gasteiger partial charge on any atom is 0.320 e. The second kappa shape index (κ2) is 10.4. The molecule has 1 saturated heterocycles. The topological polar surface area (TPSA) is 91.3 Å². The van der Waals surface area contributed by atoms with Gasteiger partial charge >= 0.3 is 11.9 Å². The molecule has 0 atom stereocenters. The van der Waals surface area contributed by atoms with E-state index >= 15 is 0 Å². The molecule has 1 fully saturated rings. The van der Waals surface area contributed by atoms with Crippen LogP contribution in [-0.2, 0) is 31.3 Å². The van der Waals surface area contributed by atoms with Crippen LogP contribution in [0.25, 0.3) is 0 Å². The molecule has 2 rings (SSSR count). The van der Waals surface area contributed by atoms with Gasteiger partial charge in [0, 0.05) is 17.5 Å². The fraction of sp³-hybridized carbons (Fsp3) is 0.636. The van der Waals surface area contributed by atoms with Crippen LogP contribution < -0.4 is 9.47 Å². The van der Waals surface area contributed by atoms with Gasteiger partial charge in [-0.05, 0) is 39.2 Å². The van der Waals surface area contributed by atoms with E-state index in [1.54, 1.807) is 13.0 Å². The third-order valence-corrected chi connectivity index (χ3v) is 4.81. The third kappa shape index (κ3) is 5.14. The van der Waals surface area contributed by atoms with E-state index in [0.717, 1.165) is 19.3 Å². The highest BCUT2D eigenvalue weighted by atomic mass is 16.7. The summed E-state index contributed by atoms with van der Waals surface area (Å²) in [4.78, 5) is 24.4. The Bertz CT molecular complexity index is 710. The summed E-state index contributed by atoms with van der Waals surface area (Å²) < 4.78 is 22.8. The quantitative estimate of drug-likeness (QED) is 0.429. The number of hydrogen-bond donors (Lipinski definition) is 1. The van der Waals surface area contributed by atoms with E-state index in [2.05, 4.69) is 6.92 Å². The van der Waals surface area contributed by atoms with Crippen LogP contribution in [0.4, 0.5) is 0 Å². The Hall–Kier alpha value is -2.44. The molecule has 162 valence electrons. The molecule has 0 unspecified atom stereocenters. The molecule has 0 saturated carbocycles. The fourth-order valence-corrected chi connectivity index (χ4v) is 3.51. The lowest BCUT2D eigenvalue weighted by atomic mass is 9.90. The number of benzene rings is 1. The summed E-state index contributed by atoms with van der Waals surface area (Å²) in [5, 5.41) is 10.8. The van der Waals surface area contributed by atoms with Gasteiger partial charge in [0.2, 0.25) is 5.75 Å². The van der Waals surface area contributed by atoms with E-state index in [-0.39, 0.29) is 17.2 Å². The van der Waals surface area contributed by atoms with Gasteiger partial charge in [0.1, 0.15) is 6.42 Å². The van der Waals surface area contributed by atoms with Crippen LogP contribution in [0.15, 0.2) is 6.07 Å². The fourth-order valence-electron chi connectivity index (χ4n) is 3.51. The van der Waals surface area contributed by atoms with Gasteiger partial charge in [0.05, 0.1) is 13.2 Å². The summed E-state index contributed by atoms with van der Waals surface area (Å²) in [7, 11) is 0. The summed E-state index contributed by atoms with van der Waals surface area (Å²) in [5.74, 6) is -2.39. The van der Waals surface area contributed by atoms with E-state index in [4.69, 9.17) is 18.9 Å². The third-order valence-electron chi connectivity index (χ3n) is 4.81. The molecule has 1 heterocycles. The van der Waals surface area contributed by atoms with Crippen molar-refractivity contribution >= 4 is 11.9 Å². The molecule has 0 aliphatic carbocycles. The van der Waals surface area contributed by atoms with Crippen LogP contribution in [0.2, 0.25) is 0 Å². The summed E-state index contributed by atoms with van der Waals surface area (Å²) in [6.07, 6.45) is 3.74. The average molecular weight is 408 g/mol. The van der Waals surface area contributed by atoms with Crippen LogP contribution in [0.5, 0.6) is 17.2 Å².